The summed E-state index contributed by atoms with van der Waals surface area (Å²) in [5, 5.41) is 3.59. The number of rotatable bonds is 10. The van der Waals surface area contributed by atoms with Crippen molar-refractivity contribution in [2.45, 2.75) is 26.4 Å². The number of carbonyl (C=O) groups is 1. The van der Waals surface area contributed by atoms with Crippen molar-refractivity contribution in [2.24, 2.45) is 0 Å². The SMILES string of the molecule is COc1ccc(NC(=O)CCCOc2ccc(Cl)c(C)c2)cc1OCc1ccncc1. The summed E-state index contributed by atoms with van der Waals surface area (Å²) in [6, 6.07) is 14.6. The molecule has 0 fully saturated rings. The molecule has 7 heteroatoms. The smallest absolute Gasteiger partial charge is 0.224 e. The summed E-state index contributed by atoms with van der Waals surface area (Å²) in [5.74, 6) is 1.80. The van der Waals surface area contributed by atoms with Crippen LogP contribution in [0.4, 0.5) is 5.69 Å². The van der Waals surface area contributed by atoms with E-state index in [2.05, 4.69) is 10.3 Å². The number of hydrogen-bond donors (Lipinski definition) is 1. The van der Waals surface area contributed by atoms with Crippen LogP contribution in [-0.2, 0) is 11.4 Å². The zero-order chi connectivity index (χ0) is 22.1. The Morgan fingerprint density at radius 3 is 2.58 bits per heavy atom. The highest BCUT2D eigenvalue weighted by Crippen LogP contribution is 2.31. The number of hydrogen-bond acceptors (Lipinski definition) is 5. The molecule has 31 heavy (non-hydrogen) atoms. The molecular formula is C24H25ClN2O4. The Labute approximate surface area is 187 Å². The van der Waals surface area contributed by atoms with Crippen molar-refractivity contribution in [2.75, 3.05) is 19.0 Å². The van der Waals surface area contributed by atoms with Crippen LogP contribution in [-0.4, -0.2) is 24.6 Å². The van der Waals surface area contributed by atoms with E-state index in [0.29, 0.717) is 48.3 Å². The number of nitrogens with zero attached hydrogens (tertiary/aromatic N) is 1. The van der Waals surface area contributed by atoms with E-state index in [0.717, 1.165) is 16.9 Å². The Hall–Kier alpha value is -3.25. The number of halogens is 1. The Morgan fingerprint density at radius 1 is 1.03 bits per heavy atom. The molecule has 0 unspecified atom stereocenters. The largest absolute Gasteiger partial charge is 0.494 e. The number of aryl methyl sites for hydroxylation is 1. The van der Waals surface area contributed by atoms with Gasteiger partial charge >= 0.3 is 0 Å². The number of nitrogens with one attached hydrogen (secondary N) is 1. The maximum Gasteiger partial charge on any atom is 0.224 e. The minimum atomic E-state index is -0.0962. The van der Waals surface area contributed by atoms with E-state index in [-0.39, 0.29) is 5.91 Å². The van der Waals surface area contributed by atoms with Gasteiger partial charge in [0.1, 0.15) is 12.4 Å². The van der Waals surface area contributed by atoms with Gasteiger partial charge in [0, 0.05) is 35.6 Å². The first-order chi connectivity index (χ1) is 15.0. The highest BCUT2D eigenvalue weighted by molar-refractivity contribution is 6.31. The molecule has 0 aliphatic carbocycles. The molecule has 0 saturated carbocycles. The van der Waals surface area contributed by atoms with Crippen molar-refractivity contribution in [3.63, 3.8) is 0 Å². The second-order valence-corrected chi connectivity index (χ2v) is 7.33. The van der Waals surface area contributed by atoms with Crippen LogP contribution in [0, 0.1) is 6.92 Å². The van der Waals surface area contributed by atoms with Gasteiger partial charge in [0.25, 0.3) is 0 Å². The fourth-order valence-corrected chi connectivity index (χ4v) is 2.98. The molecule has 162 valence electrons. The molecule has 0 aliphatic rings. The van der Waals surface area contributed by atoms with Gasteiger partial charge in [-0.25, -0.2) is 0 Å². The normalized spacial score (nSPS) is 10.4. The van der Waals surface area contributed by atoms with Crippen LogP contribution in [0.25, 0.3) is 0 Å². The second kappa shape index (κ2) is 11.2. The summed E-state index contributed by atoms with van der Waals surface area (Å²) in [6.07, 6.45) is 4.36. The lowest BCUT2D eigenvalue weighted by atomic mass is 10.2. The molecule has 0 saturated heterocycles. The van der Waals surface area contributed by atoms with Crippen LogP contribution in [0.1, 0.15) is 24.0 Å². The van der Waals surface area contributed by atoms with Gasteiger partial charge in [-0.2, -0.15) is 0 Å². The summed E-state index contributed by atoms with van der Waals surface area (Å²) >= 11 is 6.01. The van der Waals surface area contributed by atoms with Crippen LogP contribution in [0.2, 0.25) is 5.02 Å². The molecule has 0 radical (unpaired) electrons. The molecule has 1 heterocycles. The lowest BCUT2D eigenvalue weighted by molar-refractivity contribution is -0.116. The predicted molar refractivity (Wildman–Crippen MR) is 121 cm³/mol. The molecule has 0 aliphatic heterocycles. The van der Waals surface area contributed by atoms with Gasteiger partial charge < -0.3 is 19.5 Å². The average Bonchev–Trinajstić information content (AvgIpc) is 2.78. The number of methoxy groups -OCH3 is 1. The fraction of sp³-hybridized carbons (Fsp3) is 0.250. The number of amides is 1. The molecule has 1 N–H and O–H groups in total. The third kappa shape index (κ3) is 6.89. The first-order valence-corrected chi connectivity index (χ1v) is 10.3. The maximum absolute atomic E-state index is 12.3. The van der Waals surface area contributed by atoms with Crippen molar-refractivity contribution in [1.82, 2.24) is 4.98 Å². The van der Waals surface area contributed by atoms with E-state index in [1.807, 2.05) is 31.2 Å². The number of carbonyl (C=O) groups excluding carboxylic acids is 1. The van der Waals surface area contributed by atoms with E-state index < -0.39 is 0 Å². The third-order valence-corrected chi connectivity index (χ3v) is 4.96. The van der Waals surface area contributed by atoms with E-state index in [9.17, 15) is 4.79 Å². The van der Waals surface area contributed by atoms with Crippen LogP contribution < -0.4 is 19.5 Å². The molecule has 3 aromatic rings. The highest BCUT2D eigenvalue weighted by Gasteiger charge is 2.09. The summed E-state index contributed by atoms with van der Waals surface area (Å²) in [5.41, 5.74) is 2.59. The molecule has 6 nitrogen and oxygen atoms in total. The summed E-state index contributed by atoms with van der Waals surface area (Å²) in [7, 11) is 1.58. The molecule has 3 rings (SSSR count). The van der Waals surface area contributed by atoms with Crippen molar-refractivity contribution >= 4 is 23.2 Å². The number of aromatic nitrogens is 1. The minimum Gasteiger partial charge on any atom is -0.494 e. The van der Waals surface area contributed by atoms with Gasteiger partial charge in [0.15, 0.2) is 11.5 Å². The first-order valence-electron chi connectivity index (χ1n) is 9.93. The van der Waals surface area contributed by atoms with Gasteiger partial charge in [0.2, 0.25) is 5.91 Å². The first kappa shape index (κ1) is 22.4. The van der Waals surface area contributed by atoms with E-state index in [4.69, 9.17) is 25.8 Å². The lowest BCUT2D eigenvalue weighted by Crippen LogP contribution is -2.13. The van der Waals surface area contributed by atoms with Crippen molar-refractivity contribution < 1.29 is 19.0 Å². The van der Waals surface area contributed by atoms with Crippen molar-refractivity contribution in [3.8, 4) is 17.2 Å². The molecule has 2 aromatic carbocycles. The monoisotopic (exact) mass is 440 g/mol. The van der Waals surface area contributed by atoms with Gasteiger partial charge in [-0.15, -0.1) is 0 Å². The second-order valence-electron chi connectivity index (χ2n) is 6.92. The minimum absolute atomic E-state index is 0.0962. The summed E-state index contributed by atoms with van der Waals surface area (Å²) in [4.78, 5) is 16.3. The molecule has 0 bridgehead atoms. The van der Waals surface area contributed by atoms with Gasteiger partial charge in [-0.05, 0) is 66.9 Å². The number of pyridine rings is 1. The Kier molecular flexibility index (Phi) is 8.12. The molecule has 0 spiro atoms. The maximum atomic E-state index is 12.3. The highest BCUT2D eigenvalue weighted by atomic mass is 35.5. The van der Waals surface area contributed by atoms with Gasteiger partial charge in [-0.1, -0.05) is 11.6 Å². The molecule has 1 aromatic heterocycles. The predicted octanol–water partition coefficient (Wildman–Crippen LogP) is 5.43. The van der Waals surface area contributed by atoms with E-state index in [1.54, 1.807) is 43.8 Å². The topological polar surface area (TPSA) is 69.7 Å². The van der Waals surface area contributed by atoms with E-state index in [1.165, 1.54) is 0 Å². The lowest BCUT2D eigenvalue weighted by Gasteiger charge is -2.13. The molecular weight excluding hydrogens is 416 g/mol. The number of ether oxygens (including phenoxy) is 3. The zero-order valence-corrected chi connectivity index (χ0v) is 18.3. The van der Waals surface area contributed by atoms with E-state index >= 15 is 0 Å². The molecule has 0 atom stereocenters. The Balaban J connectivity index is 1.49. The van der Waals surface area contributed by atoms with Crippen LogP contribution in [0.3, 0.4) is 0 Å². The van der Waals surface area contributed by atoms with Crippen LogP contribution in [0.15, 0.2) is 60.9 Å². The van der Waals surface area contributed by atoms with Gasteiger partial charge in [-0.3, -0.25) is 9.78 Å². The van der Waals surface area contributed by atoms with Gasteiger partial charge in [0.05, 0.1) is 13.7 Å². The summed E-state index contributed by atoms with van der Waals surface area (Å²) in [6.45, 7) is 2.74. The van der Waals surface area contributed by atoms with Crippen molar-refractivity contribution in [3.05, 3.63) is 77.1 Å². The standard InChI is InChI=1S/C24H25ClN2O4/c1-17-14-20(6-7-21(17)25)30-13-3-4-24(28)27-19-5-8-22(29-2)23(15-19)31-16-18-9-11-26-12-10-18/h5-12,14-15H,3-4,13,16H2,1-2H3,(H,27,28). The summed E-state index contributed by atoms with van der Waals surface area (Å²) < 4.78 is 16.9. The van der Waals surface area contributed by atoms with Crippen LogP contribution >= 0.6 is 11.6 Å². The quantitative estimate of drug-likeness (QED) is 0.426. The Morgan fingerprint density at radius 2 is 1.84 bits per heavy atom. The average molecular weight is 441 g/mol. The Bertz CT molecular complexity index is 1010. The molecule has 1 amide bonds. The zero-order valence-electron chi connectivity index (χ0n) is 17.6. The number of anilines is 1. The third-order valence-electron chi connectivity index (χ3n) is 4.54. The van der Waals surface area contributed by atoms with Crippen LogP contribution in [0.5, 0.6) is 17.2 Å². The van der Waals surface area contributed by atoms with Crippen molar-refractivity contribution in [1.29, 1.82) is 0 Å². The fourth-order valence-electron chi connectivity index (χ4n) is 2.86. The number of benzene rings is 2.